The number of fused-ring (bicyclic) bond motifs is 1. The van der Waals surface area contributed by atoms with E-state index in [9.17, 15) is 17.6 Å². The molecule has 1 aliphatic rings. The largest absolute Gasteiger partial charge is 0.491 e. The number of hydrogen-bond donors (Lipinski definition) is 1. The van der Waals surface area contributed by atoms with Crippen molar-refractivity contribution in [1.29, 1.82) is 0 Å². The molecular weight excluding hydrogens is 359 g/mol. The normalized spacial score (nSPS) is 14.4. The van der Waals surface area contributed by atoms with Crippen molar-refractivity contribution in [3.05, 3.63) is 53.3 Å². The first-order chi connectivity index (χ1) is 12.3. The quantitative estimate of drug-likeness (QED) is 0.888. The number of ether oxygens (including phenoxy) is 1. The average molecular weight is 378 g/mol. The van der Waals surface area contributed by atoms with Crippen LogP contribution in [0.15, 0.2) is 41.3 Å². The minimum Gasteiger partial charge on any atom is -0.491 e. The lowest BCUT2D eigenvalue weighted by atomic mass is 10.1. The molecular formula is C18H19FN2O4S. The van der Waals surface area contributed by atoms with Crippen LogP contribution in [0.3, 0.4) is 0 Å². The molecule has 138 valence electrons. The summed E-state index contributed by atoms with van der Waals surface area (Å²) in [5, 5.41) is 0. The van der Waals surface area contributed by atoms with Crippen molar-refractivity contribution in [2.24, 2.45) is 0 Å². The predicted molar refractivity (Wildman–Crippen MR) is 95.5 cm³/mol. The lowest BCUT2D eigenvalue weighted by molar-refractivity contribution is 0.0765. The molecule has 0 aromatic heterocycles. The summed E-state index contributed by atoms with van der Waals surface area (Å²) in [5.74, 6) is -0.292. The van der Waals surface area contributed by atoms with E-state index < -0.39 is 15.8 Å². The Bertz CT molecular complexity index is 960. The van der Waals surface area contributed by atoms with E-state index in [2.05, 4.69) is 4.72 Å². The van der Waals surface area contributed by atoms with Gasteiger partial charge in [-0.25, -0.2) is 12.8 Å². The number of hydrogen-bond acceptors (Lipinski definition) is 4. The number of benzene rings is 2. The number of amides is 1. The number of aryl methyl sites for hydroxylation is 1. The molecule has 0 spiro atoms. The summed E-state index contributed by atoms with van der Waals surface area (Å²) in [7, 11) is -3.92. The number of rotatable bonds is 4. The first-order valence-electron chi connectivity index (χ1n) is 8.17. The molecule has 0 fully saturated rings. The minimum absolute atomic E-state index is 0.0217. The number of anilines is 1. The van der Waals surface area contributed by atoms with Gasteiger partial charge in [-0.3, -0.25) is 9.52 Å². The number of carbonyl (C=O) groups is 1. The fraction of sp³-hybridized carbons (Fsp3) is 0.278. The molecule has 26 heavy (non-hydrogen) atoms. The van der Waals surface area contributed by atoms with Gasteiger partial charge in [-0.05, 0) is 55.8 Å². The van der Waals surface area contributed by atoms with Crippen molar-refractivity contribution in [1.82, 2.24) is 4.90 Å². The Balaban J connectivity index is 1.95. The number of sulfonamides is 1. The molecule has 1 aliphatic heterocycles. The number of halogens is 1. The van der Waals surface area contributed by atoms with Crippen LogP contribution in [0.1, 0.15) is 22.8 Å². The molecule has 0 atom stereocenters. The number of nitrogens with zero attached hydrogens (tertiary/aromatic N) is 1. The molecule has 1 N–H and O–H groups in total. The molecule has 0 bridgehead atoms. The first kappa shape index (κ1) is 18.2. The smallest absolute Gasteiger partial charge is 0.262 e. The maximum atomic E-state index is 13.2. The Labute approximate surface area is 151 Å². The van der Waals surface area contributed by atoms with Crippen LogP contribution in [0.4, 0.5) is 10.1 Å². The van der Waals surface area contributed by atoms with Gasteiger partial charge >= 0.3 is 0 Å². The van der Waals surface area contributed by atoms with Crippen LogP contribution in [-0.4, -0.2) is 38.9 Å². The summed E-state index contributed by atoms with van der Waals surface area (Å²) in [6.07, 6.45) is 0. The fourth-order valence-corrected chi connectivity index (χ4v) is 4.13. The Hall–Kier alpha value is -2.61. The maximum absolute atomic E-state index is 13.2. The van der Waals surface area contributed by atoms with E-state index >= 15 is 0 Å². The molecule has 1 amide bonds. The highest BCUT2D eigenvalue weighted by molar-refractivity contribution is 7.92. The standard InChI is InChI=1S/C18H19FN2O4S/c1-3-21-8-9-25-16-6-5-14(11-15(16)18(21)22)20-26(23,24)17-7-4-13(19)10-12(17)2/h4-7,10-11,20H,3,8-9H2,1-2H3. The number of likely N-dealkylation sites (N-methyl/N-ethyl adjacent to an activating group) is 1. The van der Waals surface area contributed by atoms with Gasteiger partial charge in [0, 0.05) is 12.2 Å². The Morgan fingerprint density at radius 1 is 1.23 bits per heavy atom. The fourth-order valence-electron chi connectivity index (χ4n) is 2.85. The van der Waals surface area contributed by atoms with Gasteiger partial charge in [0.1, 0.15) is 18.2 Å². The predicted octanol–water partition coefficient (Wildman–Crippen LogP) is 2.79. The second kappa shape index (κ2) is 6.95. The van der Waals surface area contributed by atoms with Crippen LogP contribution in [0, 0.1) is 12.7 Å². The van der Waals surface area contributed by atoms with Gasteiger partial charge in [0.25, 0.3) is 15.9 Å². The third kappa shape index (κ3) is 3.50. The van der Waals surface area contributed by atoms with Crippen molar-refractivity contribution < 1.29 is 22.3 Å². The van der Waals surface area contributed by atoms with Crippen molar-refractivity contribution in [2.45, 2.75) is 18.7 Å². The number of nitrogens with one attached hydrogen (secondary N) is 1. The SMILES string of the molecule is CCN1CCOc2ccc(NS(=O)(=O)c3ccc(F)cc3C)cc2C1=O. The van der Waals surface area contributed by atoms with E-state index in [4.69, 9.17) is 4.74 Å². The Kier molecular flexibility index (Phi) is 4.86. The van der Waals surface area contributed by atoms with Crippen LogP contribution in [0.2, 0.25) is 0 Å². The molecule has 6 nitrogen and oxygen atoms in total. The molecule has 2 aromatic carbocycles. The highest BCUT2D eigenvalue weighted by Gasteiger charge is 2.24. The first-order valence-corrected chi connectivity index (χ1v) is 9.65. The molecule has 0 radical (unpaired) electrons. The van der Waals surface area contributed by atoms with Gasteiger partial charge < -0.3 is 9.64 Å². The van der Waals surface area contributed by atoms with E-state index in [0.717, 1.165) is 12.1 Å². The van der Waals surface area contributed by atoms with Crippen LogP contribution >= 0.6 is 0 Å². The highest BCUT2D eigenvalue weighted by atomic mass is 32.2. The lowest BCUT2D eigenvalue weighted by Gasteiger charge is -2.17. The van der Waals surface area contributed by atoms with E-state index in [-0.39, 0.29) is 16.5 Å². The lowest BCUT2D eigenvalue weighted by Crippen LogP contribution is -2.32. The molecule has 3 rings (SSSR count). The Morgan fingerprint density at radius 2 is 2.00 bits per heavy atom. The van der Waals surface area contributed by atoms with Crippen LogP contribution < -0.4 is 9.46 Å². The van der Waals surface area contributed by atoms with Crippen molar-refractivity contribution in [2.75, 3.05) is 24.4 Å². The zero-order chi connectivity index (χ0) is 18.9. The summed E-state index contributed by atoms with van der Waals surface area (Å²) < 4.78 is 46.5. The highest BCUT2D eigenvalue weighted by Crippen LogP contribution is 2.28. The van der Waals surface area contributed by atoms with Crippen LogP contribution in [0.5, 0.6) is 5.75 Å². The third-order valence-corrected chi connectivity index (χ3v) is 5.72. The van der Waals surface area contributed by atoms with Crippen LogP contribution in [0.25, 0.3) is 0 Å². The minimum atomic E-state index is -3.92. The molecule has 0 aliphatic carbocycles. The molecule has 0 saturated carbocycles. The maximum Gasteiger partial charge on any atom is 0.262 e. The van der Waals surface area contributed by atoms with Gasteiger partial charge in [-0.2, -0.15) is 0 Å². The summed E-state index contributed by atoms with van der Waals surface area (Å²) >= 11 is 0. The van der Waals surface area contributed by atoms with E-state index in [1.807, 2.05) is 6.92 Å². The van der Waals surface area contributed by atoms with E-state index in [1.54, 1.807) is 11.0 Å². The van der Waals surface area contributed by atoms with Crippen molar-refractivity contribution in [3.63, 3.8) is 0 Å². The van der Waals surface area contributed by atoms with E-state index in [1.165, 1.54) is 25.1 Å². The van der Waals surface area contributed by atoms with Gasteiger partial charge in [-0.1, -0.05) is 0 Å². The molecule has 1 heterocycles. The molecule has 8 heteroatoms. The van der Waals surface area contributed by atoms with Gasteiger partial charge in [0.15, 0.2) is 0 Å². The molecule has 0 unspecified atom stereocenters. The zero-order valence-electron chi connectivity index (χ0n) is 14.5. The second-order valence-corrected chi connectivity index (χ2v) is 7.61. The number of carbonyl (C=O) groups excluding carboxylic acids is 1. The third-order valence-electron chi connectivity index (χ3n) is 4.18. The van der Waals surface area contributed by atoms with Crippen molar-refractivity contribution in [3.8, 4) is 5.75 Å². The summed E-state index contributed by atoms with van der Waals surface area (Å²) in [6, 6.07) is 8.02. The topological polar surface area (TPSA) is 75.7 Å². The van der Waals surface area contributed by atoms with E-state index in [0.29, 0.717) is 36.6 Å². The van der Waals surface area contributed by atoms with Gasteiger partial charge in [0.2, 0.25) is 0 Å². The second-order valence-electron chi connectivity index (χ2n) is 5.96. The van der Waals surface area contributed by atoms with Gasteiger partial charge in [0.05, 0.1) is 17.0 Å². The monoisotopic (exact) mass is 378 g/mol. The summed E-state index contributed by atoms with van der Waals surface area (Å²) in [4.78, 5) is 14.2. The molecule has 0 saturated heterocycles. The summed E-state index contributed by atoms with van der Waals surface area (Å²) in [5.41, 5.74) is 0.839. The average Bonchev–Trinajstić information content (AvgIpc) is 2.73. The zero-order valence-corrected chi connectivity index (χ0v) is 15.3. The Morgan fingerprint density at radius 3 is 2.69 bits per heavy atom. The van der Waals surface area contributed by atoms with Crippen LogP contribution in [-0.2, 0) is 10.0 Å². The van der Waals surface area contributed by atoms with Gasteiger partial charge in [-0.15, -0.1) is 0 Å². The molecule has 2 aromatic rings. The van der Waals surface area contributed by atoms with Crippen molar-refractivity contribution >= 4 is 21.6 Å². The summed E-state index contributed by atoms with van der Waals surface area (Å²) in [6.45, 7) is 4.77.